The molecule has 0 spiro atoms. The summed E-state index contributed by atoms with van der Waals surface area (Å²) in [5, 5.41) is 0. The van der Waals surface area contributed by atoms with E-state index in [0.717, 1.165) is 44.8 Å². The van der Waals surface area contributed by atoms with Gasteiger partial charge in [-0.2, -0.15) is 0 Å². The number of carbonyl (C=O) groups excluding carboxylic acids is 3. The third-order valence-electron chi connectivity index (χ3n) is 8.74. The molecule has 3 saturated carbocycles. The highest BCUT2D eigenvalue weighted by atomic mass is 16.1. The molecule has 5 rings (SSSR count). The van der Waals surface area contributed by atoms with Gasteiger partial charge in [0.2, 0.25) is 0 Å². The Morgan fingerprint density at radius 1 is 0.900 bits per heavy atom. The van der Waals surface area contributed by atoms with E-state index in [-0.39, 0.29) is 10.8 Å². The van der Waals surface area contributed by atoms with Gasteiger partial charge in [-0.05, 0) is 92.0 Å². The van der Waals surface area contributed by atoms with Gasteiger partial charge in [-0.15, -0.1) is 0 Å². The largest absolute Gasteiger partial charge is 0.399 e. The zero-order valence-corrected chi connectivity index (χ0v) is 18.2. The Morgan fingerprint density at radius 3 is 2.30 bits per heavy atom. The number of nitrogens with two attached hydrogens (primary N) is 1. The average molecular weight is 408 g/mol. The lowest BCUT2D eigenvalue weighted by molar-refractivity contribution is -0.132. The first kappa shape index (κ1) is 21.0. The molecular formula is C26H33NO3. The molecule has 4 aliphatic carbocycles. The summed E-state index contributed by atoms with van der Waals surface area (Å²) in [6.07, 6.45) is 11.0. The molecule has 0 unspecified atom stereocenters. The summed E-state index contributed by atoms with van der Waals surface area (Å²) in [6, 6.07) is 6.76. The van der Waals surface area contributed by atoms with Crippen molar-refractivity contribution in [3.05, 3.63) is 41.5 Å². The second kappa shape index (κ2) is 7.79. The van der Waals surface area contributed by atoms with Crippen molar-refractivity contribution in [3.63, 3.8) is 0 Å². The molecule has 0 heterocycles. The number of fused-ring (bicyclic) bond motifs is 5. The first-order valence-corrected chi connectivity index (χ1v) is 11.4. The molecular weight excluding hydrogens is 374 g/mol. The first-order valence-electron chi connectivity index (χ1n) is 11.4. The minimum Gasteiger partial charge on any atom is -0.399 e. The Kier molecular flexibility index (Phi) is 5.46. The van der Waals surface area contributed by atoms with Crippen molar-refractivity contribution in [1.82, 2.24) is 0 Å². The maximum Gasteiger partial charge on any atom is 0.155 e. The van der Waals surface area contributed by atoms with Gasteiger partial charge in [0.25, 0.3) is 0 Å². The van der Waals surface area contributed by atoms with Crippen LogP contribution in [0.4, 0.5) is 5.69 Å². The zero-order chi connectivity index (χ0) is 21.5. The Morgan fingerprint density at radius 2 is 1.60 bits per heavy atom. The van der Waals surface area contributed by atoms with Gasteiger partial charge in [0.15, 0.2) is 5.78 Å². The van der Waals surface area contributed by atoms with Crippen LogP contribution in [0.5, 0.6) is 0 Å². The topological polar surface area (TPSA) is 77.2 Å². The molecule has 5 atom stereocenters. The summed E-state index contributed by atoms with van der Waals surface area (Å²) >= 11 is 0. The van der Waals surface area contributed by atoms with Crippen LogP contribution in [0.3, 0.4) is 0 Å². The van der Waals surface area contributed by atoms with E-state index >= 15 is 0 Å². The normalized spacial score (nSPS) is 37.1. The van der Waals surface area contributed by atoms with Gasteiger partial charge in [0.1, 0.15) is 12.1 Å². The van der Waals surface area contributed by atoms with Crippen LogP contribution in [-0.2, 0) is 9.59 Å². The van der Waals surface area contributed by atoms with Gasteiger partial charge < -0.3 is 5.73 Å². The van der Waals surface area contributed by atoms with Crippen molar-refractivity contribution in [1.29, 1.82) is 0 Å². The van der Waals surface area contributed by atoms with Crippen molar-refractivity contribution >= 4 is 23.5 Å². The van der Waals surface area contributed by atoms with Gasteiger partial charge in [0.05, 0.1) is 0 Å². The zero-order valence-electron chi connectivity index (χ0n) is 18.2. The minimum atomic E-state index is -0.0246. The van der Waals surface area contributed by atoms with Crippen LogP contribution < -0.4 is 5.73 Å². The molecule has 0 aromatic heterocycles. The Balaban J connectivity index is 0.000000204. The number of allylic oxidation sites excluding steroid dienone is 1. The van der Waals surface area contributed by atoms with E-state index in [0.29, 0.717) is 40.6 Å². The molecule has 1 aromatic carbocycles. The Bertz CT molecular complexity index is 886. The number of anilines is 1. The highest BCUT2D eigenvalue weighted by Gasteiger charge is 2.58. The molecule has 4 nitrogen and oxygen atoms in total. The number of carbonyl (C=O) groups is 3. The fourth-order valence-corrected chi connectivity index (χ4v) is 6.90. The summed E-state index contributed by atoms with van der Waals surface area (Å²) < 4.78 is 0. The maximum atomic E-state index is 12.4. The smallest absolute Gasteiger partial charge is 0.155 e. The molecule has 160 valence electrons. The number of aldehydes is 1. The predicted molar refractivity (Wildman–Crippen MR) is 118 cm³/mol. The van der Waals surface area contributed by atoms with Crippen LogP contribution in [0.15, 0.2) is 35.9 Å². The number of hydrogen-bond acceptors (Lipinski definition) is 4. The van der Waals surface area contributed by atoms with Gasteiger partial charge >= 0.3 is 0 Å². The van der Waals surface area contributed by atoms with E-state index in [1.54, 1.807) is 24.3 Å². The van der Waals surface area contributed by atoms with E-state index in [1.807, 2.05) is 6.08 Å². The SMILES string of the molecule is C[C@]12CCC(=O)C=C1CC[C@@H]1[C@@H]2CC[C@]2(C)C(=O)CC[C@@H]12.Nc1ccc(C=O)cc1. The number of nitrogen functional groups attached to an aromatic ring is 1. The molecule has 0 radical (unpaired) electrons. The fourth-order valence-electron chi connectivity index (χ4n) is 6.90. The third kappa shape index (κ3) is 3.44. The molecule has 3 fully saturated rings. The lowest BCUT2D eigenvalue weighted by Gasteiger charge is -2.56. The number of hydrogen-bond donors (Lipinski definition) is 1. The van der Waals surface area contributed by atoms with Crippen LogP contribution in [-0.4, -0.2) is 17.9 Å². The summed E-state index contributed by atoms with van der Waals surface area (Å²) in [6.45, 7) is 4.64. The Labute approximate surface area is 179 Å². The first-order chi connectivity index (χ1) is 14.3. The van der Waals surface area contributed by atoms with Gasteiger partial charge in [-0.3, -0.25) is 14.4 Å². The monoisotopic (exact) mass is 407 g/mol. The summed E-state index contributed by atoms with van der Waals surface area (Å²) in [7, 11) is 0. The molecule has 30 heavy (non-hydrogen) atoms. The van der Waals surface area contributed by atoms with Crippen molar-refractivity contribution in [3.8, 4) is 0 Å². The molecule has 0 aliphatic heterocycles. The Hall–Kier alpha value is -2.23. The summed E-state index contributed by atoms with van der Waals surface area (Å²) in [5.41, 5.74) is 8.34. The highest BCUT2D eigenvalue weighted by Crippen LogP contribution is 2.64. The quantitative estimate of drug-likeness (QED) is 0.515. The molecule has 0 saturated heterocycles. The third-order valence-corrected chi connectivity index (χ3v) is 8.74. The van der Waals surface area contributed by atoms with E-state index in [2.05, 4.69) is 13.8 Å². The van der Waals surface area contributed by atoms with E-state index in [9.17, 15) is 14.4 Å². The average Bonchev–Trinajstić information content (AvgIpc) is 3.04. The number of benzene rings is 1. The second-order valence-electron chi connectivity index (χ2n) is 10.2. The fraction of sp³-hybridized carbons (Fsp3) is 0.577. The molecule has 0 bridgehead atoms. The van der Waals surface area contributed by atoms with Crippen molar-refractivity contribution in [2.24, 2.45) is 28.6 Å². The maximum absolute atomic E-state index is 12.4. The lowest BCUT2D eigenvalue weighted by Crippen LogP contribution is -2.50. The molecule has 0 amide bonds. The van der Waals surface area contributed by atoms with Crippen LogP contribution in [0.1, 0.15) is 75.6 Å². The molecule has 2 N–H and O–H groups in total. The van der Waals surface area contributed by atoms with Crippen molar-refractivity contribution < 1.29 is 14.4 Å². The van der Waals surface area contributed by atoms with E-state index in [1.165, 1.54) is 18.4 Å². The van der Waals surface area contributed by atoms with Crippen LogP contribution in [0, 0.1) is 28.6 Å². The second-order valence-corrected chi connectivity index (χ2v) is 10.2. The van der Waals surface area contributed by atoms with E-state index in [4.69, 9.17) is 5.73 Å². The van der Waals surface area contributed by atoms with Gasteiger partial charge in [-0.1, -0.05) is 19.4 Å². The van der Waals surface area contributed by atoms with Gasteiger partial charge in [-0.25, -0.2) is 0 Å². The van der Waals surface area contributed by atoms with E-state index < -0.39 is 0 Å². The molecule has 1 aromatic rings. The number of Topliss-reactive ketones (excluding diaryl/α,β-unsaturated/α-hetero) is 1. The summed E-state index contributed by atoms with van der Waals surface area (Å²) in [4.78, 5) is 34.2. The standard InChI is InChI=1S/C19H26O2.C7H7NO/c1-18-9-7-13(20)11-12(18)3-4-14-15-5-6-17(21)19(15,2)10-8-16(14)18;8-7-3-1-6(5-9)2-4-7/h11,14-16H,3-10H2,1-2H3;1-5H,8H2/t14-,15-,16-,18-,19-;/m0./s1. The van der Waals surface area contributed by atoms with Crippen molar-refractivity contribution in [2.45, 2.75) is 65.2 Å². The molecule has 4 aliphatic rings. The van der Waals surface area contributed by atoms with Crippen LogP contribution in [0.2, 0.25) is 0 Å². The molecule has 4 heteroatoms. The minimum absolute atomic E-state index is 0.0246. The van der Waals surface area contributed by atoms with Crippen molar-refractivity contribution in [2.75, 3.05) is 5.73 Å². The highest BCUT2D eigenvalue weighted by molar-refractivity contribution is 5.91. The lowest BCUT2D eigenvalue weighted by atomic mass is 9.47. The van der Waals surface area contributed by atoms with Gasteiger partial charge in [0, 0.05) is 29.5 Å². The van der Waals surface area contributed by atoms with Crippen LogP contribution >= 0.6 is 0 Å². The van der Waals surface area contributed by atoms with Crippen LogP contribution in [0.25, 0.3) is 0 Å². The predicted octanol–water partition coefficient (Wildman–Crippen LogP) is 5.17. The summed E-state index contributed by atoms with van der Waals surface area (Å²) in [5.74, 6) is 2.88. The number of ketones is 2. The number of rotatable bonds is 1.